The number of halogens is 1. The van der Waals surface area contributed by atoms with Crippen molar-refractivity contribution in [1.29, 1.82) is 0 Å². The first-order chi connectivity index (χ1) is 12.5. The van der Waals surface area contributed by atoms with E-state index in [0.29, 0.717) is 28.6 Å². The third kappa shape index (κ3) is 5.67. The maximum absolute atomic E-state index is 12.0. The maximum atomic E-state index is 12.0. The number of ether oxygens (including phenoxy) is 1. The van der Waals surface area contributed by atoms with Crippen molar-refractivity contribution in [2.75, 3.05) is 30.8 Å². The van der Waals surface area contributed by atoms with E-state index in [1.165, 1.54) is 7.11 Å². The van der Waals surface area contributed by atoms with Gasteiger partial charge < -0.3 is 20.7 Å². The molecule has 0 radical (unpaired) electrons. The summed E-state index contributed by atoms with van der Waals surface area (Å²) >= 11 is 6.03. The van der Waals surface area contributed by atoms with Crippen LogP contribution in [0, 0.1) is 0 Å². The van der Waals surface area contributed by atoms with Crippen molar-refractivity contribution in [2.45, 2.75) is 13.3 Å². The van der Waals surface area contributed by atoms with Crippen LogP contribution >= 0.6 is 11.6 Å². The molecule has 0 aliphatic carbocycles. The van der Waals surface area contributed by atoms with Crippen LogP contribution < -0.4 is 20.7 Å². The Hall–Kier alpha value is -2.73. The minimum atomic E-state index is -0.212. The highest BCUT2D eigenvalue weighted by Crippen LogP contribution is 2.27. The largest absolute Gasteiger partial charge is 0.495 e. The second-order valence-electron chi connectivity index (χ2n) is 5.58. The van der Waals surface area contributed by atoms with E-state index in [4.69, 9.17) is 16.3 Å². The molecule has 138 valence electrons. The normalized spacial score (nSPS) is 10.1. The standard InChI is InChI=1S/C19H22ClN3O3/c1-3-10-21-19(25)13-4-6-14(7-5-13)22-12-18(24)23-15-8-9-17(26-2)16(20)11-15/h4-9,11,22H,3,10,12H2,1-2H3,(H,21,25)(H,23,24). The van der Waals surface area contributed by atoms with Crippen molar-refractivity contribution in [2.24, 2.45) is 0 Å². The van der Waals surface area contributed by atoms with E-state index in [9.17, 15) is 9.59 Å². The molecule has 26 heavy (non-hydrogen) atoms. The summed E-state index contributed by atoms with van der Waals surface area (Å²) in [6.45, 7) is 2.73. The van der Waals surface area contributed by atoms with Gasteiger partial charge in [-0.25, -0.2) is 0 Å². The van der Waals surface area contributed by atoms with Gasteiger partial charge in [0, 0.05) is 23.5 Å². The van der Waals surface area contributed by atoms with E-state index in [1.54, 1.807) is 42.5 Å². The summed E-state index contributed by atoms with van der Waals surface area (Å²) in [4.78, 5) is 23.9. The molecule has 0 aliphatic rings. The van der Waals surface area contributed by atoms with Gasteiger partial charge in [0.15, 0.2) is 0 Å². The van der Waals surface area contributed by atoms with Gasteiger partial charge in [0.1, 0.15) is 5.75 Å². The SMILES string of the molecule is CCCNC(=O)c1ccc(NCC(=O)Nc2ccc(OC)c(Cl)c2)cc1. The van der Waals surface area contributed by atoms with E-state index in [2.05, 4.69) is 16.0 Å². The molecule has 0 heterocycles. The first-order valence-corrected chi connectivity index (χ1v) is 8.66. The molecule has 6 nitrogen and oxygen atoms in total. The molecule has 2 rings (SSSR count). The lowest BCUT2D eigenvalue weighted by molar-refractivity contribution is -0.114. The van der Waals surface area contributed by atoms with E-state index in [-0.39, 0.29) is 18.4 Å². The van der Waals surface area contributed by atoms with E-state index in [0.717, 1.165) is 12.1 Å². The van der Waals surface area contributed by atoms with Crippen molar-refractivity contribution in [3.63, 3.8) is 0 Å². The smallest absolute Gasteiger partial charge is 0.251 e. The summed E-state index contributed by atoms with van der Waals surface area (Å²) in [5.41, 5.74) is 1.92. The van der Waals surface area contributed by atoms with Gasteiger partial charge in [-0.05, 0) is 48.9 Å². The van der Waals surface area contributed by atoms with Crippen LogP contribution in [0.4, 0.5) is 11.4 Å². The summed E-state index contributed by atoms with van der Waals surface area (Å²) in [7, 11) is 1.53. The number of hydrogen-bond donors (Lipinski definition) is 3. The van der Waals surface area contributed by atoms with Crippen LogP contribution in [0.15, 0.2) is 42.5 Å². The molecule has 0 unspecified atom stereocenters. The second-order valence-corrected chi connectivity index (χ2v) is 5.99. The summed E-state index contributed by atoms with van der Waals surface area (Å²) in [5, 5.41) is 9.00. The third-order valence-electron chi connectivity index (χ3n) is 3.57. The zero-order chi connectivity index (χ0) is 18.9. The summed E-state index contributed by atoms with van der Waals surface area (Å²) in [6.07, 6.45) is 0.889. The molecule has 2 aromatic rings. The van der Waals surface area contributed by atoms with Gasteiger partial charge in [-0.15, -0.1) is 0 Å². The van der Waals surface area contributed by atoms with E-state index >= 15 is 0 Å². The number of anilines is 2. The van der Waals surface area contributed by atoms with Crippen LogP contribution in [0.1, 0.15) is 23.7 Å². The van der Waals surface area contributed by atoms with Gasteiger partial charge in [-0.3, -0.25) is 9.59 Å². The zero-order valence-electron chi connectivity index (χ0n) is 14.8. The molecule has 2 aromatic carbocycles. The van der Waals surface area contributed by atoms with Gasteiger partial charge in [-0.1, -0.05) is 18.5 Å². The van der Waals surface area contributed by atoms with Crippen molar-refractivity contribution < 1.29 is 14.3 Å². The Morgan fingerprint density at radius 2 is 1.77 bits per heavy atom. The number of nitrogens with one attached hydrogen (secondary N) is 3. The maximum Gasteiger partial charge on any atom is 0.251 e. The zero-order valence-corrected chi connectivity index (χ0v) is 15.5. The minimum absolute atomic E-state index is 0.0883. The third-order valence-corrected chi connectivity index (χ3v) is 3.87. The molecule has 0 aromatic heterocycles. The molecule has 7 heteroatoms. The van der Waals surface area contributed by atoms with Crippen LogP contribution in [0.2, 0.25) is 5.02 Å². The Kier molecular flexibility index (Phi) is 7.29. The fourth-order valence-corrected chi connectivity index (χ4v) is 2.47. The average Bonchev–Trinajstić information content (AvgIpc) is 2.65. The molecular weight excluding hydrogens is 354 g/mol. The van der Waals surface area contributed by atoms with Crippen molar-refractivity contribution in [3.8, 4) is 5.75 Å². The topological polar surface area (TPSA) is 79.5 Å². The molecule has 0 aliphatic heterocycles. The van der Waals surface area contributed by atoms with Gasteiger partial charge in [0.05, 0.1) is 18.7 Å². The van der Waals surface area contributed by atoms with Crippen molar-refractivity contribution >= 4 is 34.8 Å². The second kappa shape index (κ2) is 9.68. The Labute approximate surface area is 157 Å². The van der Waals surface area contributed by atoms with Gasteiger partial charge in [0.2, 0.25) is 5.91 Å². The van der Waals surface area contributed by atoms with Crippen molar-refractivity contribution in [3.05, 3.63) is 53.1 Å². The highest BCUT2D eigenvalue weighted by Gasteiger charge is 2.07. The number of methoxy groups -OCH3 is 1. The number of amides is 2. The fourth-order valence-electron chi connectivity index (χ4n) is 2.21. The Morgan fingerprint density at radius 3 is 2.38 bits per heavy atom. The molecule has 0 atom stereocenters. The average molecular weight is 376 g/mol. The van der Waals surface area contributed by atoms with Gasteiger partial charge in [0.25, 0.3) is 5.91 Å². The molecule has 0 saturated heterocycles. The molecule has 0 bridgehead atoms. The quantitative estimate of drug-likeness (QED) is 0.659. The summed E-state index contributed by atoms with van der Waals surface area (Å²) in [5.74, 6) is 0.231. The van der Waals surface area contributed by atoms with Crippen LogP contribution in [-0.4, -0.2) is 32.0 Å². The lowest BCUT2D eigenvalue weighted by Gasteiger charge is -2.10. The highest BCUT2D eigenvalue weighted by atomic mass is 35.5. The monoisotopic (exact) mass is 375 g/mol. The first kappa shape index (κ1) is 19.6. The predicted molar refractivity (Wildman–Crippen MR) is 104 cm³/mol. The number of carbonyl (C=O) groups excluding carboxylic acids is 2. The van der Waals surface area contributed by atoms with E-state index < -0.39 is 0 Å². The number of benzene rings is 2. The van der Waals surface area contributed by atoms with Crippen LogP contribution in [0.5, 0.6) is 5.75 Å². The van der Waals surface area contributed by atoms with Crippen LogP contribution in [0.25, 0.3) is 0 Å². The molecule has 3 N–H and O–H groups in total. The minimum Gasteiger partial charge on any atom is -0.495 e. The fraction of sp³-hybridized carbons (Fsp3) is 0.263. The molecule has 0 fully saturated rings. The number of carbonyl (C=O) groups is 2. The summed E-state index contributed by atoms with van der Waals surface area (Å²) < 4.78 is 5.07. The molecule has 2 amide bonds. The first-order valence-electron chi connectivity index (χ1n) is 8.29. The Morgan fingerprint density at radius 1 is 1.08 bits per heavy atom. The van der Waals surface area contributed by atoms with Crippen LogP contribution in [0.3, 0.4) is 0 Å². The summed E-state index contributed by atoms with van der Waals surface area (Å²) in [6, 6.07) is 12.0. The lowest BCUT2D eigenvalue weighted by atomic mass is 10.2. The van der Waals surface area contributed by atoms with Gasteiger partial charge in [-0.2, -0.15) is 0 Å². The predicted octanol–water partition coefficient (Wildman–Crippen LogP) is 3.54. The highest BCUT2D eigenvalue weighted by molar-refractivity contribution is 6.32. The van der Waals surface area contributed by atoms with Crippen LogP contribution in [-0.2, 0) is 4.79 Å². The van der Waals surface area contributed by atoms with Crippen molar-refractivity contribution in [1.82, 2.24) is 5.32 Å². The molecule has 0 saturated carbocycles. The lowest BCUT2D eigenvalue weighted by Crippen LogP contribution is -2.24. The molecular formula is C19H22ClN3O3. The number of hydrogen-bond acceptors (Lipinski definition) is 4. The number of rotatable bonds is 8. The van der Waals surface area contributed by atoms with Gasteiger partial charge >= 0.3 is 0 Å². The van der Waals surface area contributed by atoms with E-state index in [1.807, 2.05) is 6.92 Å². The Balaban J connectivity index is 1.85. The Bertz CT molecular complexity index is 763. The molecule has 0 spiro atoms.